The van der Waals surface area contributed by atoms with Crippen molar-refractivity contribution >= 4 is 17.8 Å². The zero-order valence-corrected chi connectivity index (χ0v) is 9.28. The first kappa shape index (κ1) is 14.4. The number of ether oxygens (including phenoxy) is 1. The van der Waals surface area contributed by atoms with Crippen molar-refractivity contribution in [2.75, 3.05) is 20.3 Å². The molecule has 0 saturated heterocycles. The van der Waals surface area contributed by atoms with Crippen molar-refractivity contribution in [3.63, 3.8) is 0 Å². The molecule has 3 N–H and O–H groups in total. The zero-order valence-electron chi connectivity index (χ0n) is 9.28. The second-order valence-electron chi connectivity index (χ2n) is 3.14. The summed E-state index contributed by atoms with van der Waals surface area (Å²) in [7, 11) is 1.50. The van der Waals surface area contributed by atoms with Gasteiger partial charge < -0.3 is 20.5 Å². The zero-order chi connectivity index (χ0) is 12.6. The molecule has 0 aliphatic carbocycles. The summed E-state index contributed by atoms with van der Waals surface area (Å²) in [5.74, 6) is -2.30. The molecular formula is C9H16N2O5. The molecule has 2 amide bonds. The molecule has 0 saturated carbocycles. The number of carbonyl (C=O) groups is 3. The molecule has 0 rings (SSSR count). The van der Waals surface area contributed by atoms with Gasteiger partial charge in [0.2, 0.25) is 11.8 Å². The van der Waals surface area contributed by atoms with E-state index in [1.165, 1.54) is 14.0 Å². The molecule has 0 radical (unpaired) electrons. The minimum atomic E-state index is -1.23. The molecule has 0 aliphatic heterocycles. The van der Waals surface area contributed by atoms with E-state index in [-0.39, 0.29) is 5.91 Å². The van der Waals surface area contributed by atoms with E-state index in [9.17, 15) is 14.4 Å². The molecule has 92 valence electrons. The maximum Gasteiger partial charge on any atom is 0.312 e. The van der Waals surface area contributed by atoms with Gasteiger partial charge in [0.25, 0.3) is 0 Å². The van der Waals surface area contributed by atoms with Crippen molar-refractivity contribution < 1.29 is 24.2 Å². The molecule has 0 aromatic carbocycles. The number of methoxy groups -OCH3 is 1. The minimum Gasteiger partial charge on any atom is -0.481 e. The van der Waals surface area contributed by atoms with Gasteiger partial charge in [0.15, 0.2) is 0 Å². The van der Waals surface area contributed by atoms with Crippen LogP contribution in [0.2, 0.25) is 0 Å². The number of nitrogens with one attached hydrogen (secondary N) is 2. The van der Waals surface area contributed by atoms with Crippen molar-refractivity contribution in [3.05, 3.63) is 0 Å². The van der Waals surface area contributed by atoms with Gasteiger partial charge in [0, 0.05) is 13.7 Å². The van der Waals surface area contributed by atoms with E-state index in [1.807, 2.05) is 0 Å². The van der Waals surface area contributed by atoms with Gasteiger partial charge in [-0.2, -0.15) is 0 Å². The molecule has 0 aliphatic rings. The monoisotopic (exact) mass is 232 g/mol. The molecule has 7 nitrogen and oxygen atoms in total. The second kappa shape index (κ2) is 7.63. The first-order valence-corrected chi connectivity index (χ1v) is 4.75. The number of hydrogen-bond acceptors (Lipinski definition) is 4. The lowest BCUT2D eigenvalue weighted by atomic mass is 10.3. The van der Waals surface area contributed by atoms with Gasteiger partial charge in [-0.25, -0.2) is 0 Å². The first-order chi connectivity index (χ1) is 7.47. The fraction of sp³-hybridized carbons (Fsp3) is 0.667. The van der Waals surface area contributed by atoms with Crippen LogP contribution in [0.15, 0.2) is 0 Å². The van der Waals surface area contributed by atoms with E-state index >= 15 is 0 Å². The quantitative estimate of drug-likeness (QED) is 0.375. The maximum absolute atomic E-state index is 11.3. The summed E-state index contributed by atoms with van der Waals surface area (Å²) in [6.45, 7) is 2.19. The fourth-order valence-electron chi connectivity index (χ4n) is 0.925. The van der Waals surface area contributed by atoms with Crippen molar-refractivity contribution in [1.82, 2.24) is 10.6 Å². The van der Waals surface area contributed by atoms with Gasteiger partial charge in [-0.3, -0.25) is 14.4 Å². The normalized spacial score (nSPS) is 11.6. The lowest BCUT2D eigenvalue weighted by Gasteiger charge is -2.13. The highest BCUT2D eigenvalue weighted by Gasteiger charge is 2.16. The molecular weight excluding hydrogens is 216 g/mol. The average molecular weight is 232 g/mol. The van der Waals surface area contributed by atoms with Gasteiger partial charge in [-0.05, 0) is 6.92 Å². The van der Waals surface area contributed by atoms with Crippen LogP contribution in [0.4, 0.5) is 0 Å². The summed E-state index contributed by atoms with van der Waals surface area (Å²) >= 11 is 0. The van der Waals surface area contributed by atoms with Crippen molar-refractivity contribution in [2.24, 2.45) is 0 Å². The summed E-state index contributed by atoms with van der Waals surface area (Å²) in [5.41, 5.74) is 0. The molecule has 7 heteroatoms. The Bertz CT molecular complexity index is 267. The van der Waals surface area contributed by atoms with Gasteiger partial charge >= 0.3 is 5.97 Å². The molecule has 16 heavy (non-hydrogen) atoms. The number of aliphatic carboxylic acids is 1. The third-order valence-electron chi connectivity index (χ3n) is 1.69. The molecule has 1 atom stereocenters. The van der Waals surface area contributed by atoms with E-state index in [0.29, 0.717) is 13.2 Å². The van der Waals surface area contributed by atoms with Crippen LogP contribution >= 0.6 is 0 Å². The summed E-state index contributed by atoms with van der Waals surface area (Å²) in [6, 6.07) is -0.760. The largest absolute Gasteiger partial charge is 0.481 e. The number of rotatable bonds is 7. The second-order valence-corrected chi connectivity index (χ2v) is 3.14. The Morgan fingerprint density at radius 1 is 1.38 bits per heavy atom. The third-order valence-corrected chi connectivity index (χ3v) is 1.69. The molecule has 0 fully saturated rings. The Labute approximate surface area is 93.2 Å². The van der Waals surface area contributed by atoms with E-state index in [0.717, 1.165) is 0 Å². The topological polar surface area (TPSA) is 105 Å². The summed E-state index contributed by atoms with van der Waals surface area (Å²) in [4.78, 5) is 32.5. The van der Waals surface area contributed by atoms with Crippen molar-refractivity contribution in [3.8, 4) is 0 Å². The van der Waals surface area contributed by atoms with Crippen LogP contribution in [0.1, 0.15) is 13.3 Å². The smallest absolute Gasteiger partial charge is 0.312 e. The highest BCUT2D eigenvalue weighted by Crippen LogP contribution is 1.86. The van der Waals surface area contributed by atoms with Crippen LogP contribution < -0.4 is 10.6 Å². The average Bonchev–Trinajstić information content (AvgIpc) is 2.16. The highest BCUT2D eigenvalue weighted by atomic mass is 16.5. The number of carboxylic acid groups (broad SMARTS) is 1. The maximum atomic E-state index is 11.3. The predicted molar refractivity (Wildman–Crippen MR) is 54.7 cm³/mol. The summed E-state index contributed by atoms with van der Waals surface area (Å²) < 4.78 is 4.73. The molecule has 0 aromatic rings. The molecule has 0 heterocycles. The van der Waals surface area contributed by atoms with E-state index in [1.54, 1.807) is 0 Å². The van der Waals surface area contributed by atoms with E-state index in [4.69, 9.17) is 9.84 Å². The molecule has 0 bridgehead atoms. The molecule has 0 aromatic heterocycles. The number of amides is 2. The highest BCUT2D eigenvalue weighted by molar-refractivity contribution is 5.95. The van der Waals surface area contributed by atoms with Crippen LogP contribution in [-0.2, 0) is 19.1 Å². The standard InChI is InChI=1S/C9H16N2O5/c1-6(9(15)10-3-4-16-2)11-7(12)5-8(13)14/h6H,3-5H2,1-2H3,(H,10,15)(H,11,12)(H,13,14). The van der Waals surface area contributed by atoms with Crippen molar-refractivity contribution in [1.29, 1.82) is 0 Å². The predicted octanol–water partition coefficient (Wildman–Crippen LogP) is -1.27. The Morgan fingerprint density at radius 2 is 2.00 bits per heavy atom. The number of carbonyl (C=O) groups excluding carboxylic acids is 2. The Balaban J connectivity index is 3.86. The SMILES string of the molecule is COCCNC(=O)C(C)NC(=O)CC(=O)O. The van der Waals surface area contributed by atoms with Crippen LogP contribution in [0, 0.1) is 0 Å². The lowest BCUT2D eigenvalue weighted by molar-refractivity contribution is -0.141. The first-order valence-electron chi connectivity index (χ1n) is 4.75. The Morgan fingerprint density at radius 3 is 2.50 bits per heavy atom. The van der Waals surface area contributed by atoms with Crippen LogP contribution in [0.3, 0.4) is 0 Å². The van der Waals surface area contributed by atoms with E-state index < -0.39 is 24.3 Å². The molecule has 1 unspecified atom stereocenters. The Kier molecular flexibility index (Phi) is 6.86. The molecule has 0 spiro atoms. The van der Waals surface area contributed by atoms with Gasteiger partial charge in [0.05, 0.1) is 6.61 Å². The van der Waals surface area contributed by atoms with Gasteiger partial charge in [-0.15, -0.1) is 0 Å². The van der Waals surface area contributed by atoms with E-state index in [2.05, 4.69) is 10.6 Å². The van der Waals surface area contributed by atoms with Crippen LogP contribution in [0.5, 0.6) is 0 Å². The fourth-order valence-corrected chi connectivity index (χ4v) is 0.925. The van der Waals surface area contributed by atoms with Gasteiger partial charge in [-0.1, -0.05) is 0 Å². The summed E-state index contributed by atoms with van der Waals surface area (Å²) in [6.07, 6.45) is -0.643. The summed E-state index contributed by atoms with van der Waals surface area (Å²) in [5, 5.41) is 13.1. The number of hydrogen-bond donors (Lipinski definition) is 3. The van der Waals surface area contributed by atoms with Gasteiger partial charge in [0.1, 0.15) is 12.5 Å². The van der Waals surface area contributed by atoms with Crippen LogP contribution in [0.25, 0.3) is 0 Å². The van der Waals surface area contributed by atoms with Crippen LogP contribution in [-0.4, -0.2) is 49.2 Å². The Hall–Kier alpha value is -1.63. The number of carboxylic acids is 1. The lowest BCUT2D eigenvalue weighted by Crippen LogP contribution is -2.45. The minimum absolute atomic E-state index is 0.342. The van der Waals surface area contributed by atoms with Crippen molar-refractivity contribution in [2.45, 2.75) is 19.4 Å². The third kappa shape index (κ3) is 6.77.